The van der Waals surface area contributed by atoms with Gasteiger partial charge in [-0.3, -0.25) is 16.0 Å². The second-order valence-electron chi connectivity index (χ2n) is 3.63. The fourth-order valence-electron chi connectivity index (χ4n) is 1.47. The van der Waals surface area contributed by atoms with Crippen LogP contribution in [0.15, 0.2) is 6.33 Å². The Morgan fingerprint density at radius 1 is 1.56 bits per heavy atom. The summed E-state index contributed by atoms with van der Waals surface area (Å²) in [6.07, 6.45) is 3.32. The molecule has 0 saturated carbocycles. The molecule has 16 heavy (non-hydrogen) atoms. The van der Waals surface area contributed by atoms with Crippen molar-refractivity contribution in [3.05, 3.63) is 12.2 Å². The minimum Gasteiger partial charge on any atom is -0.380 e. The van der Waals surface area contributed by atoms with Gasteiger partial charge in [-0.05, 0) is 13.3 Å². The molecule has 0 bridgehead atoms. The predicted octanol–water partition coefficient (Wildman–Crippen LogP) is 0.0990. The van der Waals surface area contributed by atoms with E-state index in [-0.39, 0.29) is 6.04 Å². The number of ether oxygens (including phenoxy) is 1. The summed E-state index contributed by atoms with van der Waals surface area (Å²) in [4.78, 5) is 4.20. The van der Waals surface area contributed by atoms with Crippen molar-refractivity contribution >= 4 is 0 Å². The van der Waals surface area contributed by atoms with E-state index in [1.54, 1.807) is 6.33 Å². The van der Waals surface area contributed by atoms with Crippen molar-refractivity contribution in [3.63, 3.8) is 0 Å². The van der Waals surface area contributed by atoms with Gasteiger partial charge >= 0.3 is 0 Å². The molecule has 3 N–H and O–H groups in total. The van der Waals surface area contributed by atoms with Crippen LogP contribution < -0.4 is 11.3 Å². The first-order chi connectivity index (χ1) is 7.81. The summed E-state index contributed by atoms with van der Waals surface area (Å²) in [6.45, 7) is 6.30. The van der Waals surface area contributed by atoms with E-state index in [0.717, 1.165) is 31.8 Å². The highest BCUT2D eigenvalue weighted by atomic mass is 16.5. The van der Waals surface area contributed by atoms with E-state index in [4.69, 9.17) is 10.6 Å². The molecule has 0 aliphatic heterocycles. The van der Waals surface area contributed by atoms with E-state index in [9.17, 15) is 0 Å². The summed E-state index contributed by atoms with van der Waals surface area (Å²) >= 11 is 0. The number of hydrogen-bond donors (Lipinski definition) is 2. The molecule has 1 heterocycles. The third-order valence-electron chi connectivity index (χ3n) is 2.33. The van der Waals surface area contributed by atoms with E-state index in [1.807, 2.05) is 11.6 Å². The van der Waals surface area contributed by atoms with E-state index in [2.05, 4.69) is 22.4 Å². The van der Waals surface area contributed by atoms with Crippen molar-refractivity contribution in [1.82, 2.24) is 20.2 Å². The maximum atomic E-state index is 5.48. The largest absolute Gasteiger partial charge is 0.380 e. The summed E-state index contributed by atoms with van der Waals surface area (Å²) in [5.74, 6) is 6.41. The van der Waals surface area contributed by atoms with Crippen LogP contribution in [0.3, 0.4) is 0 Å². The molecule has 1 aromatic rings. The van der Waals surface area contributed by atoms with Crippen molar-refractivity contribution < 1.29 is 4.74 Å². The summed E-state index contributed by atoms with van der Waals surface area (Å²) in [5, 5.41) is 4.11. The molecule has 0 aliphatic carbocycles. The van der Waals surface area contributed by atoms with Crippen molar-refractivity contribution in [2.75, 3.05) is 13.2 Å². The molecule has 0 radical (unpaired) electrons. The standard InChI is InChI=1S/C10H21N5O/c1-3-5-16-7-9(14-11)6-10-12-8-13-15(10)4-2/h8-9,14H,3-7,11H2,1-2H3. The normalized spacial score (nSPS) is 12.9. The number of nitrogens with zero attached hydrogens (tertiary/aromatic N) is 3. The highest BCUT2D eigenvalue weighted by Crippen LogP contribution is 2.00. The van der Waals surface area contributed by atoms with Crippen molar-refractivity contribution in [1.29, 1.82) is 0 Å². The Balaban J connectivity index is 2.43. The zero-order chi connectivity index (χ0) is 11.8. The average Bonchev–Trinajstić information content (AvgIpc) is 2.75. The summed E-state index contributed by atoms with van der Waals surface area (Å²) in [7, 11) is 0. The van der Waals surface area contributed by atoms with Crippen LogP contribution in [-0.4, -0.2) is 34.0 Å². The molecule has 0 aliphatic rings. The maximum absolute atomic E-state index is 5.48. The Morgan fingerprint density at radius 2 is 2.38 bits per heavy atom. The van der Waals surface area contributed by atoms with Gasteiger partial charge in [0.05, 0.1) is 12.6 Å². The van der Waals surface area contributed by atoms with Gasteiger partial charge in [-0.2, -0.15) is 5.10 Å². The third-order valence-corrected chi connectivity index (χ3v) is 2.33. The number of aryl methyl sites for hydroxylation is 1. The Labute approximate surface area is 96.2 Å². The summed E-state index contributed by atoms with van der Waals surface area (Å²) < 4.78 is 7.32. The number of hydrazine groups is 1. The fourth-order valence-corrected chi connectivity index (χ4v) is 1.47. The molecule has 6 nitrogen and oxygen atoms in total. The smallest absolute Gasteiger partial charge is 0.138 e. The SMILES string of the molecule is CCCOCC(Cc1ncnn1CC)NN. The van der Waals surface area contributed by atoms with Crippen LogP contribution in [0.2, 0.25) is 0 Å². The Kier molecular flexibility index (Phi) is 5.99. The fraction of sp³-hybridized carbons (Fsp3) is 0.800. The Morgan fingerprint density at radius 3 is 3.00 bits per heavy atom. The van der Waals surface area contributed by atoms with Gasteiger partial charge in [0, 0.05) is 19.6 Å². The van der Waals surface area contributed by atoms with E-state index in [1.165, 1.54) is 0 Å². The van der Waals surface area contributed by atoms with E-state index < -0.39 is 0 Å². The van der Waals surface area contributed by atoms with Gasteiger partial charge in [0.15, 0.2) is 0 Å². The van der Waals surface area contributed by atoms with Gasteiger partial charge in [-0.1, -0.05) is 6.92 Å². The lowest BCUT2D eigenvalue weighted by Gasteiger charge is -2.15. The van der Waals surface area contributed by atoms with Crippen LogP contribution in [0, 0.1) is 0 Å². The first-order valence-corrected chi connectivity index (χ1v) is 5.72. The van der Waals surface area contributed by atoms with Gasteiger partial charge in [0.2, 0.25) is 0 Å². The first-order valence-electron chi connectivity index (χ1n) is 5.72. The molecule has 1 unspecified atom stereocenters. The number of rotatable bonds is 8. The number of nitrogens with two attached hydrogens (primary N) is 1. The second kappa shape index (κ2) is 7.32. The lowest BCUT2D eigenvalue weighted by atomic mass is 10.2. The summed E-state index contributed by atoms with van der Waals surface area (Å²) in [6, 6.07) is 0.0843. The van der Waals surface area contributed by atoms with Gasteiger partial charge in [-0.15, -0.1) is 0 Å². The lowest BCUT2D eigenvalue weighted by Crippen LogP contribution is -2.41. The average molecular weight is 227 g/mol. The zero-order valence-electron chi connectivity index (χ0n) is 10.0. The van der Waals surface area contributed by atoms with Crippen LogP contribution in [0.1, 0.15) is 26.1 Å². The topological polar surface area (TPSA) is 78.0 Å². The Hall–Kier alpha value is -0.980. The van der Waals surface area contributed by atoms with Crippen molar-refractivity contribution in [2.24, 2.45) is 5.84 Å². The molecule has 0 fully saturated rings. The minimum atomic E-state index is 0.0843. The molecule has 1 atom stereocenters. The van der Waals surface area contributed by atoms with E-state index >= 15 is 0 Å². The highest BCUT2D eigenvalue weighted by Gasteiger charge is 2.12. The van der Waals surface area contributed by atoms with Crippen LogP contribution in [0.4, 0.5) is 0 Å². The number of hydrogen-bond acceptors (Lipinski definition) is 5. The summed E-state index contributed by atoms with van der Waals surface area (Å²) in [5.41, 5.74) is 2.74. The monoisotopic (exact) mass is 227 g/mol. The van der Waals surface area contributed by atoms with Crippen molar-refractivity contribution in [2.45, 2.75) is 39.3 Å². The molecule has 1 rings (SSSR count). The Bertz CT molecular complexity index is 288. The van der Waals surface area contributed by atoms with Gasteiger partial charge in [0.1, 0.15) is 12.2 Å². The molecular weight excluding hydrogens is 206 g/mol. The van der Waals surface area contributed by atoms with Gasteiger partial charge in [-0.25, -0.2) is 4.98 Å². The molecule has 0 aromatic carbocycles. The minimum absolute atomic E-state index is 0.0843. The third kappa shape index (κ3) is 3.88. The molecule has 0 amide bonds. The van der Waals surface area contributed by atoms with Gasteiger partial charge < -0.3 is 4.74 Å². The first kappa shape index (κ1) is 13.1. The molecule has 92 valence electrons. The number of aromatic nitrogens is 3. The lowest BCUT2D eigenvalue weighted by molar-refractivity contribution is 0.111. The highest BCUT2D eigenvalue weighted by molar-refractivity contribution is 4.89. The molecule has 0 saturated heterocycles. The van der Waals surface area contributed by atoms with Crippen LogP contribution in [0.5, 0.6) is 0 Å². The van der Waals surface area contributed by atoms with Crippen LogP contribution >= 0.6 is 0 Å². The van der Waals surface area contributed by atoms with Gasteiger partial charge in [0.25, 0.3) is 0 Å². The molecule has 0 spiro atoms. The molecular formula is C10H21N5O. The molecule has 6 heteroatoms. The quantitative estimate of drug-likeness (QED) is 0.374. The second-order valence-corrected chi connectivity index (χ2v) is 3.63. The van der Waals surface area contributed by atoms with Crippen LogP contribution in [0.25, 0.3) is 0 Å². The van der Waals surface area contributed by atoms with Crippen molar-refractivity contribution in [3.8, 4) is 0 Å². The zero-order valence-corrected chi connectivity index (χ0v) is 10.0. The molecule has 1 aromatic heterocycles. The van der Waals surface area contributed by atoms with E-state index in [0.29, 0.717) is 6.61 Å². The maximum Gasteiger partial charge on any atom is 0.138 e. The number of nitrogens with one attached hydrogen (secondary N) is 1. The van der Waals surface area contributed by atoms with Crippen LogP contribution in [-0.2, 0) is 17.7 Å². The predicted molar refractivity (Wildman–Crippen MR) is 61.6 cm³/mol.